The molecule has 0 saturated heterocycles. The van der Waals surface area contributed by atoms with Crippen molar-refractivity contribution in [3.8, 4) is 0 Å². The van der Waals surface area contributed by atoms with Crippen molar-refractivity contribution < 1.29 is 9.90 Å². The minimum Gasteiger partial charge on any atom is -0.481 e. The molecule has 0 atom stereocenters. The summed E-state index contributed by atoms with van der Waals surface area (Å²) in [5, 5.41) is 11.5. The molecule has 2 rings (SSSR count). The third-order valence-electron chi connectivity index (χ3n) is 2.92. The number of hydrogen-bond acceptors (Lipinski definition) is 2. The molecular formula is C15H16O2S. The van der Waals surface area contributed by atoms with Gasteiger partial charge in [0.1, 0.15) is 0 Å². The van der Waals surface area contributed by atoms with Crippen molar-refractivity contribution in [1.29, 1.82) is 0 Å². The minimum atomic E-state index is -0.754. The molecule has 0 aromatic heterocycles. The van der Waals surface area contributed by atoms with Gasteiger partial charge in [-0.05, 0) is 30.7 Å². The highest BCUT2D eigenvalue weighted by molar-refractivity contribution is 7.99. The Kier molecular flexibility index (Phi) is 3.62. The summed E-state index contributed by atoms with van der Waals surface area (Å²) in [5.74, 6) is -0.189. The van der Waals surface area contributed by atoms with Crippen LogP contribution in [0.15, 0.2) is 47.4 Å². The van der Waals surface area contributed by atoms with Gasteiger partial charge in [-0.3, -0.25) is 4.79 Å². The van der Waals surface area contributed by atoms with Crippen LogP contribution in [0, 0.1) is 5.41 Å². The van der Waals surface area contributed by atoms with Crippen molar-refractivity contribution in [2.45, 2.75) is 18.7 Å². The Labute approximate surface area is 111 Å². The average Bonchev–Trinajstić information content (AvgIpc) is 2.36. The molecule has 94 valence electrons. The summed E-state index contributed by atoms with van der Waals surface area (Å²) in [5.41, 5.74) is -0.707. The van der Waals surface area contributed by atoms with Crippen molar-refractivity contribution in [1.82, 2.24) is 0 Å². The van der Waals surface area contributed by atoms with Crippen molar-refractivity contribution in [3.63, 3.8) is 0 Å². The van der Waals surface area contributed by atoms with Gasteiger partial charge in [-0.2, -0.15) is 0 Å². The van der Waals surface area contributed by atoms with Gasteiger partial charge in [0.25, 0.3) is 0 Å². The van der Waals surface area contributed by atoms with Gasteiger partial charge in [0, 0.05) is 10.6 Å². The Morgan fingerprint density at radius 1 is 1.17 bits per heavy atom. The maximum atomic E-state index is 11.1. The molecule has 0 radical (unpaired) electrons. The van der Waals surface area contributed by atoms with Crippen LogP contribution in [0.4, 0.5) is 0 Å². The van der Waals surface area contributed by atoms with Gasteiger partial charge < -0.3 is 5.11 Å². The molecule has 0 saturated carbocycles. The lowest BCUT2D eigenvalue weighted by atomic mass is 9.97. The first-order valence-electron chi connectivity index (χ1n) is 5.85. The molecule has 2 nitrogen and oxygen atoms in total. The van der Waals surface area contributed by atoms with Crippen LogP contribution in [-0.2, 0) is 4.79 Å². The first-order valence-corrected chi connectivity index (χ1v) is 6.83. The monoisotopic (exact) mass is 260 g/mol. The van der Waals surface area contributed by atoms with Gasteiger partial charge in [0.15, 0.2) is 0 Å². The fourth-order valence-electron chi connectivity index (χ4n) is 1.64. The number of benzene rings is 2. The highest BCUT2D eigenvalue weighted by atomic mass is 32.2. The van der Waals surface area contributed by atoms with Crippen LogP contribution in [0.5, 0.6) is 0 Å². The standard InChI is InChI=1S/C15H16O2S/c1-15(2,14(16)17)10-18-13-9-5-7-11-6-3-4-8-12(11)13/h3-9H,10H2,1-2H3,(H,16,17). The maximum Gasteiger partial charge on any atom is 0.309 e. The van der Waals surface area contributed by atoms with E-state index in [9.17, 15) is 4.79 Å². The topological polar surface area (TPSA) is 37.3 Å². The summed E-state index contributed by atoms with van der Waals surface area (Å²) in [7, 11) is 0. The predicted molar refractivity (Wildman–Crippen MR) is 76.1 cm³/mol. The van der Waals surface area contributed by atoms with E-state index in [1.807, 2.05) is 24.3 Å². The zero-order chi connectivity index (χ0) is 13.2. The third kappa shape index (κ3) is 2.67. The molecule has 2 aromatic carbocycles. The van der Waals surface area contributed by atoms with E-state index in [0.29, 0.717) is 5.75 Å². The second-order valence-corrected chi connectivity index (χ2v) is 5.97. The van der Waals surface area contributed by atoms with Gasteiger partial charge in [0.2, 0.25) is 0 Å². The normalized spacial score (nSPS) is 11.7. The molecule has 0 spiro atoms. The van der Waals surface area contributed by atoms with Gasteiger partial charge >= 0.3 is 5.97 Å². The van der Waals surface area contributed by atoms with Gasteiger partial charge in [-0.25, -0.2) is 0 Å². The van der Waals surface area contributed by atoms with Gasteiger partial charge in [0.05, 0.1) is 5.41 Å². The first-order chi connectivity index (χ1) is 8.50. The number of carboxylic acid groups (broad SMARTS) is 1. The largest absolute Gasteiger partial charge is 0.481 e. The molecule has 18 heavy (non-hydrogen) atoms. The lowest BCUT2D eigenvalue weighted by molar-refractivity contribution is -0.145. The van der Waals surface area contributed by atoms with E-state index in [1.54, 1.807) is 25.6 Å². The van der Waals surface area contributed by atoms with Crippen LogP contribution in [0.3, 0.4) is 0 Å². The SMILES string of the molecule is CC(C)(CSc1cccc2ccccc12)C(=O)O. The van der Waals surface area contributed by atoms with E-state index in [0.717, 1.165) is 4.90 Å². The Hall–Kier alpha value is -1.48. The molecular weight excluding hydrogens is 244 g/mol. The third-order valence-corrected chi connectivity index (χ3v) is 4.45. The Balaban J connectivity index is 2.25. The van der Waals surface area contributed by atoms with Crippen LogP contribution >= 0.6 is 11.8 Å². The summed E-state index contributed by atoms with van der Waals surface area (Å²) in [6.07, 6.45) is 0. The Morgan fingerprint density at radius 2 is 1.83 bits per heavy atom. The maximum absolute atomic E-state index is 11.1. The molecule has 0 fully saturated rings. The van der Waals surface area contributed by atoms with Crippen LogP contribution in [-0.4, -0.2) is 16.8 Å². The molecule has 0 aliphatic heterocycles. The summed E-state index contributed by atoms with van der Waals surface area (Å²) in [4.78, 5) is 12.2. The van der Waals surface area contributed by atoms with Crippen LogP contribution in [0.2, 0.25) is 0 Å². The molecule has 0 aliphatic rings. The quantitative estimate of drug-likeness (QED) is 0.843. The van der Waals surface area contributed by atoms with Gasteiger partial charge in [-0.15, -0.1) is 11.8 Å². The molecule has 0 aliphatic carbocycles. The molecule has 1 N–H and O–H groups in total. The highest BCUT2D eigenvalue weighted by Crippen LogP contribution is 2.32. The first kappa shape index (κ1) is 13.0. The van der Waals surface area contributed by atoms with E-state index in [4.69, 9.17) is 5.11 Å². The van der Waals surface area contributed by atoms with Crippen molar-refractivity contribution in [2.75, 3.05) is 5.75 Å². The molecule has 0 amide bonds. The molecule has 0 unspecified atom stereocenters. The van der Waals surface area contributed by atoms with E-state index in [-0.39, 0.29) is 0 Å². The van der Waals surface area contributed by atoms with Crippen LogP contribution in [0.25, 0.3) is 10.8 Å². The van der Waals surface area contributed by atoms with Crippen molar-refractivity contribution >= 4 is 28.5 Å². The second-order valence-electron chi connectivity index (χ2n) is 4.95. The molecule has 2 aromatic rings. The average molecular weight is 260 g/mol. The van der Waals surface area contributed by atoms with Crippen molar-refractivity contribution in [2.24, 2.45) is 5.41 Å². The van der Waals surface area contributed by atoms with Gasteiger partial charge in [-0.1, -0.05) is 36.4 Å². The van der Waals surface area contributed by atoms with Crippen LogP contribution in [0.1, 0.15) is 13.8 Å². The minimum absolute atomic E-state index is 0.566. The number of thioether (sulfide) groups is 1. The van der Waals surface area contributed by atoms with E-state index in [1.165, 1.54) is 10.8 Å². The lowest BCUT2D eigenvalue weighted by Gasteiger charge is -2.18. The fourth-order valence-corrected chi connectivity index (χ4v) is 2.80. The molecule has 0 bridgehead atoms. The van der Waals surface area contributed by atoms with Crippen LogP contribution < -0.4 is 0 Å². The summed E-state index contributed by atoms with van der Waals surface area (Å²) < 4.78 is 0. The molecule has 0 heterocycles. The number of fused-ring (bicyclic) bond motifs is 1. The fraction of sp³-hybridized carbons (Fsp3) is 0.267. The highest BCUT2D eigenvalue weighted by Gasteiger charge is 2.27. The van der Waals surface area contributed by atoms with Crippen molar-refractivity contribution in [3.05, 3.63) is 42.5 Å². The number of carbonyl (C=O) groups is 1. The smallest absolute Gasteiger partial charge is 0.309 e. The summed E-state index contributed by atoms with van der Waals surface area (Å²) >= 11 is 1.60. The summed E-state index contributed by atoms with van der Waals surface area (Å²) in [6.45, 7) is 3.51. The zero-order valence-corrected chi connectivity index (χ0v) is 11.3. The van der Waals surface area contributed by atoms with E-state index in [2.05, 4.69) is 18.2 Å². The van der Waals surface area contributed by atoms with E-state index < -0.39 is 11.4 Å². The Morgan fingerprint density at radius 3 is 2.56 bits per heavy atom. The lowest BCUT2D eigenvalue weighted by Crippen LogP contribution is -2.26. The Bertz CT molecular complexity index is 570. The number of carboxylic acids is 1. The summed E-state index contributed by atoms with van der Waals surface area (Å²) in [6, 6.07) is 14.3. The zero-order valence-electron chi connectivity index (χ0n) is 10.5. The van der Waals surface area contributed by atoms with E-state index >= 15 is 0 Å². The predicted octanol–water partition coefficient (Wildman–Crippen LogP) is 4.04. The molecule has 3 heteroatoms. The number of rotatable bonds is 4. The second kappa shape index (κ2) is 5.02. The number of hydrogen-bond donors (Lipinski definition) is 1. The number of aliphatic carboxylic acids is 1.